The van der Waals surface area contributed by atoms with Crippen LogP contribution in [0, 0.1) is 17.6 Å². The zero-order valence-electron chi connectivity index (χ0n) is 29.3. The van der Waals surface area contributed by atoms with Gasteiger partial charge in [0.25, 0.3) is 5.92 Å². The third-order valence-electron chi connectivity index (χ3n) is 9.77. The summed E-state index contributed by atoms with van der Waals surface area (Å²) >= 11 is 0. The second kappa shape index (κ2) is 13.9. The van der Waals surface area contributed by atoms with Gasteiger partial charge in [0.15, 0.2) is 18.3 Å². The van der Waals surface area contributed by atoms with E-state index in [0.717, 1.165) is 11.6 Å². The molecular formula is C38H36F4N6O4S. The second-order valence-corrected chi connectivity index (χ2v) is 15.0. The summed E-state index contributed by atoms with van der Waals surface area (Å²) in [6.07, 6.45) is 2.68. The molecule has 0 spiro atoms. The minimum absolute atomic E-state index is 0.0524. The summed E-state index contributed by atoms with van der Waals surface area (Å²) in [6, 6.07) is 15.4. The van der Waals surface area contributed by atoms with Crippen LogP contribution in [0.1, 0.15) is 49.2 Å². The molecule has 276 valence electrons. The van der Waals surface area contributed by atoms with Gasteiger partial charge in [-0.2, -0.15) is 5.10 Å². The molecule has 0 saturated heterocycles. The SMILES string of the molecule is COC(=O)[C@H](C)Cc1cccc(C2(C)CCC(F)(F)COc3ccn(n3)Cc3c(c(F)cc4[nH]ccc34)S(=O)c3ccc(F)c(c3)-c3nc2nn3C)c1. The number of halogens is 4. The molecule has 7 rings (SSSR count). The van der Waals surface area contributed by atoms with E-state index in [1.165, 1.54) is 46.9 Å². The molecule has 3 aromatic carbocycles. The Bertz CT molecular complexity index is 2370. The van der Waals surface area contributed by atoms with Crippen molar-refractivity contribution in [3.63, 3.8) is 0 Å². The van der Waals surface area contributed by atoms with Gasteiger partial charge in [-0.15, -0.1) is 5.10 Å². The molecule has 1 N–H and O–H groups in total. The molecule has 53 heavy (non-hydrogen) atoms. The lowest BCUT2D eigenvalue weighted by Crippen LogP contribution is -2.32. The number of carbonyl (C=O) groups is 1. The number of carbonyl (C=O) groups excluding carboxylic acids is 1. The summed E-state index contributed by atoms with van der Waals surface area (Å²) in [7, 11) is 0.712. The molecule has 2 unspecified atom stereocenters. The standard InChI is InChI=1S/C38H36F4N6O4S/c1-22(35(49)51-4)16-23-6-5-7-24(17-23)37(2)12-13-38(41,42)21-52-32-11-15-48(45-32)20-28-26-10-14-43-31(26)19-30(40)33(28)53(50)25-8-9-29(39)27(18-25)34-44-36(37)46-47(34)3/h5-11,14-15,17-19,22,43H,12-13,16,20-21H2,1-4H3/t22-,37?,53?/m1/s1. The molecule has 3 atom stereocenters. The molecule has 0 saturated carbocycles. The van der Waals surface area contributed by atoms with E-state index in [1.807, 2.05) is 12.1 Å². The Morgan fingerprint density at radius 2 is 1.89 bits per heavy atom. The Labute approximate surface area is 304 Å². The second-order valence-electron chi connectivity index (χ2n) is 13.6. The average Bonchev–Trinajstić information content (AvgIpc) is 3.89. The molecule has 0 aliphatic carbocycles. The fourth-order valence-electron chi connectivity index (χ4n) is 6.76. The molecule has 0 amide bonds. The van der Waals surface area contributed by atoms with Gasteiger partial charge >= 0.3 is 5.97 Å². The smallest absolute Gasteiger partial charge is 0.308 e. The van der Waals surface area contributed by atoms with E-state index >= 15 is 17.6 Å². The van der Waals surface area contributed by atoms with Gasteiger partial charge < -0.3 is 14.5 Å². The number of nitrogens with one attached hydrogen (secondary N) is 1. The molecule has 15 heteroatoms. The van der Waals surface area contributed by atoms with E-state index < -0.39 is 52.7 Å². The van der Waals surface area contributed by atoms with Crippen LogP contribution in [0.4, 0.5) is 17.6 Å². The molecule has 0 radical (unpaired) electrons. The number of H-pyrrole nitrogens is 1. The largest absolute Gasteiger partial charge is 0.470 e. The van der Waals surface area contributed by atoms with E-state index in [4.69, 9.17) is 14.5 Å². The quantitative estimate of drug-likeness (QED) is 0.151. The lowest BCUT2D eigenvalue weighted by Gasteiger charge is -2.30. The number of benzene rings is 3. The third kappa shape index (κ3) is 6.97. The number of methoxy groups -OCH3 is 1. The van der Waals surface area contributed by atoms with Gasteiger partial charge in [-0.3, -0.25) is 9.48 Å². The lowest BCUT2D eigenvalue weighted by atomic mass is 9.76. The Balaban J connectivity index is 1.38. The first-order valence-electron chi connectivity index (χ1n) is 16.9. The summed E-state index contributed by atoms with van der Waals surface area (Å²) in [4.78, 5) is 19.9. The highest BCUT2D eigenvalue weighted by Crippen LogP contribution is 2.40. The minimum atomic E-state index is -3.33. The first kappa shape index (κ1) is 36.1. The first-order valence-corrected chi connectivity index (χ1v) is 18.0. The van der Waals surface area contributed by atoms with Crippen molar-refractivity contribution in [2.24, 2.45) is 13.0 Å². The Morgan fingerprint density at radius 3 is 2.68 bits per heavy atom. The van der Waals surface area contributed by atoms with Gasteiger partial charge in [0, 0.05) is 53.3 Å². The van der Waals surface area contributed by atoms with Crippen LogP contribution in [-0.2, 0) is 45.8 Å². The number of esters is 1. The fraction of sp³-hybridized carbons (Fsp3) is 0.316. The van der Waals surface area contributed by atoms with Crippen LogP contribution in [0.5, 0.6) is 5.88 Å². The van der Waals surface area contributed by atoms with E-state index in [0.29, 0.717) is 28.5 Å². The van der Waals surface area contributed by atoms with Gasteiger partial charge in [0.1, 0.15) is 11.6 Å². The number of aryl methyl sites for hydroxylation is 1. The van der Waals surface area contributed by atoms with Crippen molar-refractivity contribution in [2.45, 2.75) is 60.8 Å². The Kier molecular flexibility index (Phi) is 9.47. The number of alkyl halides is 2. The van der Waals surface area contributed by atoms with Crippen molar-refractivity contribution in [1.29, 1.82) is 0 Å². The van der Waals surface area contributed by atoms with E-state index in [2.05, 4.69) is 15.2 Å². The molecule has 0 fully saturated rings. The highest BCUT2D eigenvalue weighted by Gasteiger charge is 2.40. The fourth-order valence-corrected chi connectivity index (χ4v) is 8.05. The van der Waals surface area contributed by atoms with Crippen molar-refractivity contribution < 1.29 is 36.0 Å². The predicted molar refractivity (Wildman–Crippen MR) is 188 cm³/mol. The number of aromatic amines is 1. The number of rotatable bonds is 4. The monoisotopic (exact) mass is 748 g/mol. The summed E-state index contributed by atoms with van der Waals surface area (Å²) in [5.41, 5.74) is 0.864. The Morgan fingerprint density at radius 1 is 1.08 bits per heavy atom. The maximum atomic E-state index is 15.9. The summed E-state index contributed by atoms with van der Waals surface area (Å²) in [6.45, 7) is 2.42. The number of aromatic nitrogens is 6. The summed E-state index contributed by atoms with van der Waals surface area (Å²) < 4.78 is 90.5. The van der Waals surface area contributed by atoms with E-state index in [9.17, 15) is 9.00 Å². The van der Waals surface area contributed by atoms with Crippen molar-refractivity contribution in [2.75, 3.05) is 13.7 Å². The van der Waals surface area contributed by atoms with Crippen LogP contribution in [0.15, 0.2) is 82.8 Å². The van der Waals surface area contributed by atoms with Crippen LogP contribution >= 0.6 is 0 Å². The highest BCUT2D eigenvalue weighted by atomic mass is 32.2. The maximum absolute atomic E-state index is 15.9. The molecule has 6 bridgehead atoms. The van der Waals surface area contributed by atoms with Crippen molar-refractivity contribution in [3.05, 3.63) is 107 Å². The van der Waals surface area contributed by atoms with Gasteiger partial charge in [0.2, 0.25) is 5.88 Å². The first-order chi connectivity index (χ1) is 25.3. The van der Waals surface area contributed by atoms with Crippen molar-refractivity contribution in [3.8, 4) is 17.3 Å². The molecule has 6 aromatic rings. The summed E-state index contributed by atoms with van der Waals surface area (Å²) in [5, 5.41) is 9.51. The van der Waals surface area contributed by atoms with E-state index in [-0.39, 0.29) is 51.8 Å². The van der Waals surface area contributed by atoms with Crippen LogP contribution in [0.3, 0.4) is 0 Å². The predicted octanol–water partition coefficient (Wildman–Crippen LogP) is 7.12. The number of hydrogen-bond acceptors (Lipinski definition) is 7. The van der Waals surface area contributed by atoms with Gasteiger partial charge in [-0.1, -0.05) is 31.2 Å². The number of ether oxygens (including phenoxy) is 2. The third-order valence-corrected chi connectivity index (χ3v) is 11.3. The van der Waals surface area contributed by atoms with Crippen LogP contribution in [0.25, 0.3) is 22.3 Å². The van der Waals surface area contributed by atoms with Gasteiger partial charge in [0.05, 0.1) is 46.2 Å². The number of hydrogen-bond donors (Lipinski definition) is 1. The van der Waals surface area contributed by atoms with Crippen LogP contribution < -0.4 is 4.74 Å². The Hall–Kier alpha value is -5.31. The topological polar surface area (TPSA) is 117 Å². The molecule has 1 aliphatic heterocycles. The molecular weight excluding hydrogens is 713 g/mol. The van der Waals surface area contributed by atoms with E-state index in [1.54, 1.807) is 45.3 Å². The number of fused-ring (bicyclic) bond motifs is 10. The van der Waals surface area contributed by atoms with Gasteiger partial charge in [-0.05, 0) is 61.2 Å². The molecule has 3 aromatic heterocycles. The van der Waals surface area contributed by atoms with Crippen LogP contribution in [-0.4, -0.2) is 59.3 Å². The van der Waals surface area contributed by atoms with Crippen LogP contribution in [0.2, 0.25) is 0 Å². The normalized spacial score (nSPS) is 19.4. The van der Waals surface area contributed by atoms with Gasteiger partial charge in [-0.25, -0.2) is 31.4 Å². The van der Waals surface area contributed by atoms with Crippen molar-refractivity contribution in [1.82, 2.24) is 29.5 Å². The zero-order valence-corrected chi connectivity index (χ0v) is 30.1. The lowest BCUT2D eigenvalue weighted by molar-refractivity contribution is -0.144. The molecule has 1 aliphatic rings. The zero-order chi connectivity index (χ0) is 37.7. The molecule has 4 heterocycles. The highest BCUT2D eigenvalue weighted by molar-refractivity contribution is 7.85. The summed E-state index contributed by atoms with van der Waals surface area (Å²) in [5.74, 6) is -5.51. The average molecular weight is 749 g/mol. The minimum Gasteiger partial charge on any atom is -0.470 e. The van der Waals surface area contributed by atoms with Crippen molar-refractivity contribution >= 4 is 27.7 Å². The number of nitrogens with zero attached hydrogens (tertiary/aromatic N) is 5. The maximum Gasteiger partial charge on any atom is 0.308 e. The molecule has 10 nitrogen and oxygen atoms in total.